The molecule has 0 aliphatic carbocycles. The number of hydrogen-bond donors (Lipinski definition) is 2. The first-order valence-electron chi connectivity index (χ1n) is 12.3. The Bertz CT molecular complexity index is 1560. The van der Waals surface area contributed by atoms with Crippen LogP contribution in [0.15, 0.2) is 67.0 Å². The second-order valence-electron chi connectivity index (χ2n) is 9.36. The van der Waals surface area contributed by atoms with Crippen molar-refractivity contribution in [1.29, 1.82) is 0 Å². The van der Waals surface area contributed by atoms with Crippen molar-refractivity contribution in [1.82, 2.24) is 14.9 Å². The van der Waals surface area contributed by atoms with E-state index in [1.165, 1.54) is 12.4 Å². The SMILES string of the molecule is Cc1cccc(-c2c(NC(=O)C=CC3CCCN3C)ccc3ncnc(Nc4ccc(F)c(Cl)c4F)c23)c1. The number of anilines is 3. The number of carbonyl (C=O) groups excluding carboxylic acids is 1. The lowest BCUT2D eigenvalue weighted by molar-refractivity contribution is -0.111. The molecule has 1 fully saturated rings. The highest BCUT2D eigenvalue weighted by Gasteiger charge is 2.20. The number of benzene rings is 3. The number of amides is 1. The Labute approximate surface area is 224 Å². The maximum Gasteiger partial charge on any atom is 0.248 e. The summed E-state index contributed by atoms with van der Waals surface area (Å²) in [7, 11) is 2.05. The molecule has 5 rings (SSSR count). The molecule has 2 heterocycles. The predicted octanol–water partition coefficient (Wildman–Crippen LogP) is 6.87. The van der Waals surface area contributed by atoms with Crippen molar-refractivity contribution in [2.24, 2.45) is 0 Å². The Kier molecular flexibility index (Phi) is 7.35. The second-order valence-corrected chi connectivity index (χ2v) is 9.74. The normalized spacial score (nSPS) is 15.9. The molecule has 2 N–H and O–H groups in total. The van der Waals surface area contributed by atoms with Crippen LogP contribution in [0.3, 0.4) is 0 Å². The van der Waals surface area contributed by atoms with Gasteiger partial charge in [0.05, 0.1) is 16.6 Å². The Morgan fingerprint density at radius 3 is 2.71 bits per heavy atom. The summed E-state index contributed by atoms with van der Waals surface area (Å²) in [6.07, 6.45) is 6.96. The van der Waals surface area contributed by atoms with Crippen molar-refractivity contribution in [3.8, 4) is 11.1 Å². The molecule has 38 heavy (non-hydrogen) atoms. The third-order valence-electron chi connectivity index (χ3n) is 6.70. The number of nitrogens with zero attached hydrogens (tertiary/aromatic N) is 3. The molecule has 194 valence electrons. The van der Waals surface area contributed by atoms with Gasteiger partial charge in [-0.25, -0.2) is 18.7 Å². The number of aryl methyl sites for hydroxylation is 1. The molecule has 1 aliphatic rings. The molecule has 1 aliphatic heterocycles. The first-order valence-corrected chi connectivity index (χ1v) is 12.6. The van der Waals surface area contributed by atoms with Crippen LogP contribution in [0.5, 0.6) is 0 Å². The summed E-state index contributed by atoms with van der Waals surface area (Å²) in [6, 6.07) is 13.9. The Morgan fingerprint density at radius 2 is 1.95 bits per heavy atom. The quantitative estimate of drug-likeness (QED) is 0.209. The second kappa shape index (κ2) is 10.8. The van der Waals surface area contributed by atoms with Crippen LogP contribution in [0.1, 0.15) is 18.4 Å². The standard InChI is InChI=1S/C29H26ClF2N5O/c1-17-5-3-6-18(15-17)25-22(35-24(38)13-8-19-7-4-14-37(19)2)12-11-21-26(25)29(34-16-33-21)36-23-10-9-20(31)27(30)28(23)32/h3,5-6,8-13,15-16,19H,4,7,14H2,1-2H3,(H,35,38)(H,33,34,36). The molecule has 0 saturated carbocycles. The molecule has 4 aromatic rings. The Balaban J connectivity index is 1.61. The lowest BCUT2D eigenvalue weighted by Gasteiger charge is -2.18. The van der Waals surface area contributed by atoms with Gasteiger partial charge in [-0.15, -0.1) is 0 Å². The van der Waals surface area contributed by atoms with Crippen molar-refractivity contribution in [3.05, 3.63) is 89.2 Å². The summed E-state index contributed by atoms with van der Waals surface area (Å²) in [5.41, 5.74) is 3.60. The Morgan fingerprint density at radius 1 is 1.13 bits per heavy atom. The summed E-state index contributed by atoms with van der Waals surface area (Å²) >= 11 is 5.80. The van der Waals surface area contributed by atoms with E-state index in [-0.39, 0.29) is 23.5 Å². The van der Waals surface area contributed by atoms with Crippen molar-refractivity contribution in [3.63, 3.8) is 0 Å². The molecule has 1 aromatic heterocycles. The van der Waals surface area contributed by atoms with Gasteiger partial charge in [-0.1, -0.05) is 47.5 Å². The van der Waals surface area contributed by atoms with Crippen LogP contribution in [-0.2, 0) is 4.79 Å². The lowest BCUT2D eigenvalue weighted by atomic mass is 9.97. The highest BCUT2D eigenvalue weighted by atomic mass is 35.5. The summed E-state index contributed by atoms with van der Waals surface area (Å²) in [5, 5.41) is 5.91. The largest absolute Gasteiger partial charge is 0.337 e. The number of rotatable bonds is 6. The van der Waals surface area contributed by atoms with Crippen LogP contribution >= 0.6 is 11.6 Å². The average molecular weight is 534 g/mol. The van der Waals surface area contributed by atoms with Gasteiger partial charge < -0.3 is 10.6 Å². The lowest BCUT2D eigenvalue weighted by Crippen LogP contribution is -2.23. The average Bonchev–Trinajstić information content (AvgIpc) is 3.32. The fourth-order valence-corrected chi connectivity index (χ4v) is 4.92. The van der Waals surface area contributed by atoms with Crippen molar-refractivity contribution in [2.45, 2.75) is 25.8 Å². The Hall–Kier alpha value is -3.88. The number of aromatic nitrogens is 2. The van der Waals surface area contributed by atoms with E-state index in [0.717, 1.165) is 36.6 Å². The van der Waals surface area contributed by atoms with E-state index in [1.807, 2.05) is 44.3 Å². The predicted molar refractivity (Wildman–Crippen MR) is 148 cm³/mol. The van der Waals surface area contributed by atoms with Gasteiger partial charge in [0.1, 0.15) is 23.0 Å². The van der Waals surface area contributed by atoms with Gasteiger partial charge in [-0.05, 0) is 63.2 Å². The van der Waals surface area contributed by atoms with Crippen LogP contribution in [0.25, 0.3) is 22.0 Å². The molecule has 3 aromatic carbocycles. The fourth-order valence-electron chi connectivity index (χ4n) is 4.75. The summed E-state index contributed by atoms with van der Waals surface area (Å²) in [4.78, 5) is 24.0. The van der Waals surface area contributed by atoms with E-state index >= 15 is 0 Å². The highest BCUT2D eigenvalue weighted by molar-refractivity contribution is 6.31. The van der Waals surface area contributed by atoms with E-state index in [0.29, 0.717) is 22.2 Å². The topological polar surface area (TPSA) is 70.2 Å². The number of fused-ring (bicyclic) bond motifs is 1. The van der Waals surface area contributed by atoms with Crippen LogP contribution < -0.4 is 10.6 Å². The molecule has 1 saturated heterocycles. The van der Waals surface area contributed by atoms with Gasteiger partial charge in [0.25, 0.3) is 0 Å². The third kappa shape index (κ3) is 5.23. The number of halogens is 3. The maximum atomic E-state index is 14.8. The van der Waals surface area contributed by atoms with Gasteiger partial charge in [-0.3, -0.25) is 9.69 Å². The van der Waals surface area contributed by atoms with Crippen LogP contribution in [0.2, 0.25) is 5.02 Å². The number of carbonyl (C=O) groups is 1. The van der Waals surface area contributed by atoms with Crippen LogP contribution in [0, 0.1) is 18.6 Å². The first-order chi connectivity index (χ1) is 18.3. The van der Waals surface area contributed by atoms with Crippen molar-refractivity contribution in [2.75, 3.05) is 24.2 Å². The van der Waals surface area contributed by atoms with Crippen molar-refractivity contribution < 1.29 is 13.6 Å². The molecule has 0 bridgehead atoms. The van der Waals surface area contributed by atoms with E-state index in [1.54, 1.807) is 18.2 Å². The fraction of sp³-hybridized carbons (Fsp3) is 0.207. The minimum absolute atomic E-state index is 0.0374. The maximum absolute atomic E-state index is 14.8. The zero-order chi connectivity index (χ0) is 26.8. The van der Waals surface area contributed by atoms with Gasteiger partial charge in [0, 0.05) is 23.4 Å². The van der Waals surface area contributed by atoms with E-state index in [9.17, 15) is 13.6 Å². The van der Waals surface area contributed by atoms with E-state index < -0.39 is 16.7 Å². The molecule has 6 nitrogen and oxygen atoms in total. The van der Waals surface area contributed by atoms with E-state index in [4.69, 9.17) is 11.6 Å². The van der Waals surface area contributed by atoms with Gasteiger partial charge in [0.15, 0.2) is 5.82 Å². The summed E-state index contributed by atoms with van der Waals surface area (Å²) in [5.74, 6) is -1.76. The highest BCUT2D eigenvalue weighted by Crippen LogP contribution is 2.40. The van der Waals surface area contributed by atoms with Crippen LogP contribution in [-0.4, -0.2) is 40.4 Å². The molecule has 1 unspecified atom stereocenters. The first kappa shape index (κ1) is 25.8. The van der Waals surface area contributed by atoms with Gasteiger partial charge in [0.2, 0.25) is 5.91 Å². The van der Waals surface area contributed by atoms with E-state index in [2.05, 4.69) is 25.5 Å². The molecular formula is C29H26ClF2N5O. The summed E-state index contributed by atoms with van der Waals surface area (Å²) in [6.45, 7) is 2.98. The summed E-state index contributed by atoms with van der Waals surface area (Å²) < 4.78 is 28.5. The van der Waals surface area contributed by atoms with Gasteiger partial charge >= 0.3 is 0 Å². The minimum atomic E-state index is -0.929. The number of nitrogens with one attached hydrogen (secondary N) is 2. The number of likely N-dealkylation sites (tertiary alicyclic amines) is 1. The number of likely N-dealkylation sites (N-methyl/N-ethyl adjacent to an activating group) is 1. The molecular weight excluding hydrogens is 508 g/mol. The molecule has 0 spiro atoms. The monoisotopic (exact) mass is 533 g/mol. The molecule has 0 radical (unpaired) electrons. The zero-order valence-corrected chi connectivity index (χ0v) is 21.7. The number of hydrogen-bond acceptors (Lipinski definition) is 5. The smallest absolute Gasteiger partial charge is 0.248 e. The molecule has 9 heteroatoms. The van der Waals surface area contributed by atoms with Crippen LogP contribution in [0.4, 0.5) is 26.0 Å². The zero-order valence-electron chi connectivity index (χ0n) is 20.9. The minimum Gasteiger partial charge on any atom is -0.337 e. The third-order valence-corrected chi connectivity index (χ3v) is 7.05. The molecule has 1 atom stereocenters. The van der Waals surface area contributed by atoms with Crippen molar-refractivity contribution >= 4 is 45.6 Å². The van der Waals surface area contributed by atoms with Gasteiger partial charge in [-0.2, -0.15) is 0 Å². The molecule has 1 amide bonds.